The molecule has 0 aromatic carbocycles. The molecule has 3 atom stereocenters. The van der Waals surface area contributed by atoms with Gasteiger partial charge >= 0.3 is 0 Å². The number of nitrogens with one attached hydrogen (secondary N) is 1. The van der Waals surface area contributed by atoms with Gasteiger partial charge in [-0.05, 0) is 36.8 Å². The van der Waals surface area contributed by atoms with Crippen molar-refractivity contribution in [2.45, 2.75) is 54.7 Å². The van der Waals surface area contributed by atoms with Gasteiger partial charge in [0.2, 0.25) is 5.91 Å². The van der Waals surface area contributed by atoms with Crippen LogP contribution in [0.25, 0.3) is 0 Å². The van der Waals surface area contributed by atoms with Crippen LogP contribution in [-0.4, -0.2) is 35.2 Å². The van der Waals surface area contributed by atoms with Crippen molar-refractivity contribution in [3.63, 3.8) is 0 Å². The number of nitrogens with zero attached hydrogens (tertiary/aromatic N) is 1. The molecule has 1 fully saturated rings. The van der Waals surface area contributed by atoms with Gasteiger partial charge in [-0.15, -0.1) is 23.1 Å². The molecule has 3 heterocycles. The molecule has 0 aliphatic carbocycles. The van der Waals surface area contributed by atoms with E-state index in [0.29, 0.717) is 23.2 Å². The minimum absolute atomic E-state index is 0.322. The normalized spacial score (nSPS) is 27.7. The van der Waals surface area contributed by atoms with Gasteiger partial charge in [-0.25, -0.2) is 0 Å². The smallest absolute Gasteiger partial charge is 0.222 e. The summed E-state index contributed by atoms with van der Waals surface area (Å²) in [6.45, 7) is 6.28. The summed E-state index contributed by atoms with van der Waals surface area (Å²) in [5, 5.41) is 6.60. The Balaban J connectivity index is 1.61. The summed E-state index contributed by atoms with van der Waals surface area (Å²) in [7, 11) is 0. The Bertz CT molecular complexity index is 488. The van der Waals surface area contributed by atoms with E-state index < -0.39 is 0 Å². The zero-order valence-electron chi connectivity index (χ0n) is 12.1. The lowest BCUT2D eigenvalue weighted by Crippen LogP contribution is -2.42. The van der Waals surface area contributed by atoms with Gasteiger partial charge in [0.05, 0.1) is 4.21 Å². The number of likely N-dealkylation sites (tertiary alicyclic amines) is 1. The maximum absolute atomic E-state index is 11.7. The number of hydrogen-bond donors (Lipinski definition) is 1. The predicted molar refractivity (Wildman–Crippen MR) is 85.4 cm³/mol. The first-order chi connectivity index (χ1) is 9.63. The summed E-state index contributed by atoms with van der Waals surface area (Å²) in [6, 6.07) is 3.05. The van der Waals surface area contributed by atoms with E-state index in [1.54, 1.807) is 0 Å². The Kier molecular flexibility index (Phi) is 4.38. The van der Waals surface area contributed by atoms with Crippen molar-refractivity contribution in [3.8, 4) is 0 Å². The Morgan fingerprint density at radius 3 is 3.15 bits per heavy atom. The second-order valence-corrected chi connectivity index (χ2v) is 8.51. The number of fused-ring (bicyclic) bond motifs is 1. The van der Waals surface area contributed by atoms with Crippen molar-refractivity contribution in [2.24, 2.45) is 0 Å². The molecule has 0 saturated carbocycles. The van der Waals surface area contributed by atoms with Crippen molar-refractivity contribution in [3.05, 3.63) is 17.0 Å². The lowest BCUT2D eigenvalue weighted by atomic mass is 10.0. The third-order valence-electron chi connectivity index (χ3n) is 4.06. The molecule has 110 valence electrons. The fourth-order valence-electron chi connectivity index (χ4n) is 3.13. The predicted octanol–water partition coefficient (Wildman–Crippen LogP) is 3.27. The molecule has 1 N–H and O–H groups in total. The van der Waals surface area contributed by atoms with Crippen LogP contribution in [0.2, 0.25) is 0 Å². The third kappa shape index (κ3) is 3.05. The molecule has 1 amide bonds. The molecule has 1 aromatic rings. The van der Waals surface area contributed by atoms with Gasteiger partial charge in [0.1, 0.15) is 0 Å². The van der Waals surface area contributed by atoms with Crippen LogP contribution < -0.4 is 5.32 Å². The van der Waals surface area contributed by atoms with Crippen molar-refractivity contribution < 1.29 is 4.79 Å². The number of carbonyl (C=O) groups is 1. The highest BCUT2D eigenvalue weighted by Crippen LogP contribution is 2.43. The molecule has 2 aliphatic heterocycles. The molecule has 1 saturated heterocycles. The van der Waals surface area contributed by atoms with E-state index in [4.69, 9.17) is 0 Å². The summed E-state index contributed by atoms with van der Waals surface area (Å²) in [5.74, 6) is 0.322. The molecule has 0 radical (unpaired) electrons. The summed E-state index contributed by atoms with van der Waals surface area (Å²) in [4.78, 5) is 13.7. The lowest BCUT2D eigenvalue weighted by Gasteiger charge is -2.31. The quantitative estimate of drug-likeness (QED) is 0.926. The summed E-state index contributed by atoms with van der Waals surface area (Å²) in [5.41, 5.74) is 1.46. The van der Waals surface area contributed by atoms with Crippen molar-refractivity contribution in [2.75, 3.05) is 13.1 Å². The van der Waals surface area contributed by atoms with Crippen LogP contribution in [0, 0.1) is 0 Å². The van der Waals surface area contributed by atoms with Gasteiger partial charge in [0.25, 0.3) is 0 Å². The van der Waals surface area contributed by atoms with Crippen LogP contribution in [0.4, 0.5) is 0 Å². The number of thioether (sulfide) groups is 1. The van der Waals surface area contributed by atoms with Crippen molar-refractivity contribution in [1.82, 2.24) is 10.2 Å². The largest absolute Gasteiger partial charge is 0.341 e. The highest BCUT2D eigenvalue weighted by Gasteiger charge is 2.28. The average Bonchev–Trinajstić information content (AvgIpc) is 2.99. The van der Waals surface area contributed by atoms with E-state index in [0.717, 1.165) is 25.9 Å². The van der Waals surface area contributed by atoms with E-state index in [2.05, 4.69) is 30.6 Å². The van der Waals surface area contributed by atoms with Crippen molar-refractivity contribution >= 4 is 29.0 Å². The van der Waals surface area contributed by atoms with Crippen LogP contribution in [-0.2, 0) is 4.79 Å². The van der Waals surface area contributed by atoms with E-state index in [1.165, 1.54) is 16.2 Å². The molecule has 2 aliphatic rings. The molecular formula is C15H22N2OS2. The number of hydrogen-bond acceptors (Lipinski definition) is 4. The Labute approximate surface area is 129 Å². The molecule has 5 heteroatoms. The summed E-state index contributed by atoms with van der Waals surface area (Å²) < 4.78 is 1.46. The van der Waals surface area contributed by atoms with E-state index >= 15 is 0 Å². The maximum atomic E-state index is 11.7. The first-order valence-corrected chi connectivity index (χ1v) is 9.17. The molecule has 0 bridgehead atoms. The number of amides is 1. The highest BCUT2D eigenvalue weighted by atomic mass is 32.2. The molecule has 3 nitrogen and oxygen atoms in total. The van der Waals surface area contributed by atoms with Crippen LogP contribution in [0.15, 0.2) is 15.7 Å². The Morgan fingerprint density at radius 2 is 2.40 bits per heavy atom. The average molecular weight is 310 g/mol. The zero-order valence-corrected chi connectivity index (χ0v) is 13.7. The van der Waals surface area contributed by atoms with Crippen molar-refractivity contribution in [1.29, 1.82) is 0 Å². The summed E-state index contributed by atoms with van der Waals surface area (Å²) in [6.07, 6.45) is 2.93. The van der Waals surface area contributed by atoms with Crippen LogP contribution in [0.3, 0.4) is 0 Å². The van der Waals surface area contributed by atoms with Crippen LogP contribution in [0.5, 0.6) is 0 Å². The maximum Gasteiger partial charge on any atom is 0.222 e. The van der Waals surface area contributed by atoms with Crippen LogP contribution >= 0.6 is 23.1 Å². The van der Waals surface area contributed by atoms with Crippen LogP contribution in [0.1, 0.15) is 44.7 Å². The third-order valence-corrected chi connectivity index (χ3v) is 6.40. The molecule has 1 aromatic heterocycles. The monoisotopic (exact) mass is 310 g/mol. The second kappa shape index (κ2) is 6.08. The number of carbonyl (C=O) groups excluding carboxylic acids is 1. The Hall–Kier alpha value is -0.520. The molecule has 20 heavy (non-hydrogen) atoms. The SMILES string of the molecule is CC(CN1CCCC1=O)NC1C[C@H](C)Sc2sccc21. The standard InChI is InChI=1S/C15H22N2OS2/c1-10(9-17-6-3-4-14(17)18)16-13-8-11(2)20-15-12(13)5-7-19-15/h5,7,10-11,13,16H,3-4,6,8-9H2,1-2H3/t10?,11-,13?/m0/s1. The summed E-state index contributed by atoms with van der Waals surface area (Å²) >= 11 is 3.85. The minimum atomic E-state index is 0.322. The lowest BCUT2D eigenvalue weighted by molar-refractivity contribution is -0.128. The molecular weight excluding hydrogens is 288 g/mol. The van der Waals surface area contributed by atoms with Gasteiger partial charge < -0.3 is 10.2 Å². The topological polar surface area (TPSA) is 32.3 Å². The number of thiophene rings is 1. The van der Waals surface area contributed by atoms with Gasteiger partial charge in [-0.2, -0.15) is 0 Å². The van der Waals surface area contributed by atoms with Gasteiger partial charge in [0.15, 0.2) is 0 Å². The molecule has 0 spiro atoms. The molecule has 2 unspecified atom stereocenters. The number of rotatable bonds is 4. The first-order valence-electron chi connectivity index (χ1n) is 7.41. The van der Waals surface area contributed by atoms with Gasteiger partial charge in [-0.1, -0.05) is 6.92 Å². The van der Waals surface area contributed by atoms with Gasteiger partial charge in [-0.3, -0.25) is 4.79 Å². The second-order valence-electron chi connectivity index (χ2n) is 5.89. The Morgan fingerprint density at radius 1 is 1.55 bits per heavy atom. The first kappa shape index (κ1) is 14.4. The van der Waals surface area contributed by atoms with E-state index in [-0.39, 0.29) is 0 Å². The minimum Gasteiger partial charge on any atom is -0.341 e. The zero-order chi connectivity index (χ0) is 14.1. The highest BCUT2D eigenvalue weighted by molar-refractivity contribution is 8.01. The van der Waals surface area contributed by atoms with E-state index in [1.807, 2.05) is 28.0 Å². The fourth-order valence-corrected chi connectivity index (χ4v) is 5.70. The van der Waals surface area contributed by atoms with Gasteiger partial charge in [0, 0.05) is 36.8 Å². The van der Waals surface area contributed by atoms with E-state index in [9.17, 15) is 4.79 Å². The molecule has 3 rings (SSSR count). The fraction of sp³-hybridized carbons (Fsp3) is 0.667.